The predicted octanol–water partition coefficient (Wildman–Crippen LogP) is 2.61. The van der Waals surface area contributed by atoms with E-state index < -0.39 is 5.41 Å². The molecule has 82 valence electrons. The monoisotopic (exact) mass is 250 g/mol. The number of hydrogen-bond acceptors (Lipinski definition) is 6. The number of fused-ring (bicyclic) bond motifs is 1. The van der Waals surface area contributed by atoms with Crippen molar-refractivity contribution < 1.29 is 0 Å². The lowest BCUT2D eigenvalue weighted by atomic mass is 9.91. The molecule has 0 aliphatic rings. The van der Waals surface area contributed by atoms with Gasteiger partial charge in [-0.05, 0) is 20.1 Å². The molecule has 16 heavy (non-hydrogen) atoms. The van der Waals surface area contributed by atoms with Gasteiger partial charge >= 0.3 is 0 Å². The van der Waals surface area contributed by atoms with Gasteiger partial charge in [-0.1, -0.05) is 11.8 Å². The highest BCUT2D eigenvalue weighted by atomic mass is 32.2. The largest absolute Gasteiger partial charge is 0.238 e. The summed E-state index contributed by atoms with van der Waals surface area (Å²) in [6, 6.07) is 2.26. The van der Waals surface area contributed by atoms with Crippen LogP contribution in [0.3, 0.4) is 0 Å². The summed E-state index contributed by atoms with van der Waals surface area (Å²) in [7, 11) is 0. The van der Waals surface area contributed by atoms with Crippen molar-refractivity contribution in [3.63, 3.8) is 0 Å². The van der Waals surface area contributed by atoms with E-state index in [0.29, 0.717) is 5.65 Å². The second-order valence-electron chi connectivity index (χ2n) is 3.80. The average molecular weight is 250 g/mol. The van der Waals surface area contributed by atoms with Gasteiger partial charge < -0.3 is 0 Å². The molecule has 0 aliphatic carbocycles. The van der Waals surface area contributed by atoms with Crippen molar-refractivity contribution in [2.75, 3.05) is 6.26 Å². The predicted molar refractivity (Wildman–Crippen MR) is 65.6 cm³/mol. The maximum atomic E-state index is 9.14. The lowest BCUT2D eigenvalue weighted by Crippen LogP contribution is -2.16. The van der Waals surface area contributed by atoms with Crippen molar-refractivity contribution in [2.45, 2.75) is 23.6 Å². The zero-order valence-corrected chi connectivity index (χ0v) is 10.8. The van der Waals surface area contributed by atoms with Gasteiger partial charge in [0.25, 0.3) is 0 Å². The molecule has 0 aromatic carbocycles. The van der Waals surface area contributed by atoms with Gasteiger partial charge in [-0.2, -0.15) is 5.26 Å². The molecule has 0 spiro atoms. The Morgan fingerprint density at radius 3 is 2.81 bits per heavy atom. The van der Waals surface area contributed by atoms with Crippen LogP contribution >= 0.6 is 23.1 Å². The molecule has 0 N–H and O–H groups in total. The Hall–Kier alpha value is -1.19. The quantitative estimate of drug-likeness (QED) is 0.767. The average Bonchev–Trinajstić information content (AvgIpc) is 2.71. The van der Waals surface area contributed by atoms with Crippen LogP contribution in [0.4, 0.5) is 0 Å². The van der Waals surface area contributed by atoms with E-state index in [1.54, 1.807) is 23.1 Å². The minimum absolute atomic E-state index is 0.608. The number of hydrogen-bond donors (Lipinski definition) is 0. The molecule has 2 heterocycles. The minimum atomic E-state index is -0.608. The lowest BCUT2D eigenvalue weighted by molar-refractivity contribution is 0.666. The van der Waals surface area contributed by atoms with E-state index in [4.69, 9.17) is 5.26 Å². The van der Waals surface area contributed by atoms with E-state index in [9.17, 15) is 0 Å². The maximum Gasteiger partial charge on any atom is 0.175 e. The number of nitriles is 1. The summed E-state index contributed by atoms with van der Waals surface area (Å²) in [5.41, 5.74) is 0.837. The zero-order chi connectivity index (χ0) is 11.8. The Bertz CT molecular complexity index is 568. The Balaban J connectivity index is 2.71. The van der Waals surface area contributed by atoms with E-state index in [1.807, 2.05) is 20.1 Å². The van der Waals surface area contributed by atoms with E-state index in [2.05, 4.69) is 21.0 Å². The van der Waals surface area contributed by atoms with Crippen LogP contribution < -0.4 is 0 Å². The Morgan fingerprint density at radius 2 is 2.19 bits per heavy atom. The van der Waals surface area contributed by atoms with Crippen molar-refractivity contribution in [2.24, 2.45) is 0 Å². The van der Waals surface area contributed by atoms with Crippen LogP contribution in [0.2, 0.25) is 0 Å². The third kappa shape index (κ3) is 1.77. The second kappa shape index (κ2) is 4.00. The van der Waals surface area contributed by atoms with E-state index in [-0.39, 0.29) is 0 Å². The first kappa shape index (κ1) is 11.3. The van der Waals surface area contributed by atoms with E-state index in [1.165, 1.54) is 6.33 Å². The van der Waals surface area contributed by atoms with Crippen LogP contribution in [0, 0.1) is 11.3 Å². The van der Waals surface area contributed by atoms with Crippen LogP contribution in [0.15, 0.2) is 10.7 Å². The van der Waals surface area contributed by atoms with Crippen LogP contribution in [0.5, 0.6) is 0 Å². The molecule has 0 radical (unpaired) electrons. The third-order valence-electron chi connectivity index (χ3n) is 2.22. The summed E-state index contributed by atoms with van der Waals surface area (Å²) in [5.74, 6) is 0. The van der Waals surface area contributed by atoms with Crippen LogP contribution in [-0.2, 0) is 5.41 Å². The molecule has 0 bridgehead atoms. The first-order valence-electron chi connectivity index (χ1n) is 4.66. The van der Waals surface area contributed by atoms with Crippen molar-refractivity contribution in [3.05, 3.63) is 12.0 Å². The first-order chi connectivity index (χ1) is 7.58. The zero-order valence-electron chi connectivity index (χ0n) is 9.18. The van der Waals surface area contributed by atoms with Crippen molar-refractivity contribution in [1.82, 2.24) is 15.0 Å². The number of thioether (sulfide) groups is 1. The maximum absolute atomic E-state index is 9.14. The minimum Gasteiger partial charge on any atom is -0.238 e. The molecule has 2 rings (SSSR count). The van der Waals surface area contributed by atoms with Crippen LogP contribution in [0.1, 0.15) is 19.5 Å². The van der Waals surface area contributed by atoms with Gasteiger partial charge in [-0.15, -0.1) is 11.3 Å². The molecule has 0 saturated carbocycles. The molecular weight excluding hydrogens is 240 g/mol. The summed E-state index contributed by atoms with van der Waals surface area (Å²) in [4.78, 5) is 12.7. The van der Waals surface area contributed by atoms with Gasteiger partial charge in [-0.3, -0.25) is 0 Å². The number of nitrogens with zero attached hydrogens (tertiary/aromatic N) is 4. The number of rotatable bonds is 2. The van der Waals surface area contributed by atoms with Gasteiger partial charge in [-0.25, -0.2) is 15.0 Å². The van der Waals surface area contributed by atoms with E-state index >= 15 is 0 Å². The Labute approximate surface area is 102 Å². The molecule has 0 aliphatic heterocycles. The Kier molecular flexibility index (Phi) is 2.82. The molecule has 0 fully saturated rings. The van der Waals surface area contributed by atoms with Gasteiger partial charge in [0.05, 0.1) is 21.9 Å². The molecule has 0 amide bonds. The molecule has 2 aromatic rings. The molecule has 2 aromatic heterocycles. The molecule has 0 atom stereocenters. The summed E-state index contributed by atoms with van der Waals surface area (Å²) < 4.78 is 1.86. The van der Waals surface area contributed by atoms with E-state index in [0.717, 1.165) is 14.7 Å². The standard InChI is InChI=1S/C10H10N4S2/c1-10(2,4-11)7-6-8(13-5-12-7)14-9(15-3)16-6/h5H,1-3H3. The fourth-order valence-electron chi connectivity index (χ4n) is 1.32. The van der Waals surface area contributed by atoms with Gasteiger partial charge in [0.15, 0.2) is 9.99 Å². The summed E-state index contributed by atoms with van der Waals surface area (Å²) in [6.45, 7) is 3.71. The summed E-state index contributed by atoms with van der Waals surface area (Å²) in [5, 5.41) is 9.14. The van der Waals surface area contributed by atoms with Gasteiger partial charge in [0.1, 0.15) is 6.33 Å². The Morgan fingerprint density at radius 1 is 1.44 bits per heavy atom. The summed E-state index contributed by atoms with van der Waals surface area (Å²) in [6.07, 6.45) is 3.45. The van der Waals surface area contributed by atoms with Gasteiger partial charge in [0.2, 0.25) is 0 Å². The lowest BCUT2D eigenvalue weighted by Gasteiger charge is -2.13. The topological polar surface area (TPSA) is 62.5 Å². The SMILES string of the molecule is CSc1nc2ncnc(C(C)(C)C#N)c2s1. The van der Waals surface area contributed by atoms with Crippen molar-refractivity contribution >= 4 is 33.4 Å². The molecule has 0 saturated heterocycles. The highest BCUT2D eigenvalue weighted by Crippen LogP contribution is 2.33. The highest BCUT2D eigenvalue weighted by Gasteiger charge is 2.26. The smallest absolute Gasteiger partial charge is 0.175 e. The molecule has 0 unspecified atom stereocenters. The van der Waals surface area contributed by atoms with Crippen LogP contribution in [0.25, 0.3) is 10.3 Å². The summed E-state index contributed by atoms with van der Waals surface area (Å²) >= 11 is 3.12. The fourth-order valence-corrected chi connectivity index (χ4v) is 2.98. The highest BCUT2D eigenvalue weighted by molar-refractivity contribution is 8.00. The number of aromatic nitrogens is 3. The van der Waals surface area contributed by atoms with Crippen molar-refractivity contribution in [3.8, 4) is 6.07 Å². The molecular formula is C10H10N4S2. The first-order valence-corrected chi connectivity index (χ1v) is 6.70. The molecule has 6 heteroatoms. The number of thiazole rings is 1. The van der Waals surface area contributed by atoms with Crippen molar-refractivity contribution in [1.29, 1.82) is 5.26 Å². The second-order valence-corrected chi connectivity index (χ2v) is 5.85. The van der Waals surface area contributed by atoms with Gasteiger partial charge in [0, 0.05) is 0 Å². The molecule has 4 nitrogen and oxygen atoms in total. The normalized spacial score (nSPS) is 11.6. The third-order valence-corrected chi connectivity index (χ3v) is 4.25. The fraction of sp³-hybridized carbons (Fsp3) is 0.400. The van der Waals surface area contributed by atoms with Crippen LogP contribution in [-0.4, -0.2) is 21.2 Å².